The third kappa shape index (κ3) is 2.71. The average Bonchev–Trinajstić information content (AvgIpc) is 2.39. The molecule has 0 aliphatic carbocycles. The minimum Gasteiger partial charge on any atom is -0.0922 e. The highest BCUT2D eigenvalue weighted by Gasteiger charge is 2.21. The Bertz CT molecular complexity index is 492. The van der Waals surface area contributed by atoms with Gasteiger partial charge in [-0.15, -0.1) is 0 Å². The zero-order chi connectivity index (χ0) is 12.3. The van der Waals surface area contributed by atoms with Gasteiger partial charge in [-0.25, -0.2) is 0 Å². The summed E-state index contributed by atoms with van der Waals surface area (Å²) in [6.45, 7) is 4.62. The second-order valence-electron chi connectivity index (χ2n) is 5.11. The van der Waals surface area contributed by atoms with Crippen LogP contribution in [0.2, 0.25) is 0 Å². The normalized spacial score (nSPS) is 14.8. The van der Waals surface area contributed by atoms with Crippen LogP contribution in [0.3, 0.4) is 0 Å². The van der Waals surface area contributed by atoms with E-state index < -0.39 is 0 Å². The van der Waals surface area contributed by atoms with Crippen molar-refractivity contribution in [2.75, 3.05) is 5.33 Å². The highest BCUT2D eigenvalue weighted by Crippen LogP contribution is 2.31. The average molecular weight is 291 g/mol. The number of hydrogen-bond acceptors (Lipinski definition) is 0. The van der Waals surface area contributed by atoms with E-state index in [0.717, 1.165) is 11.8 Å². The summed E-state index contributed by atoms with van der Waals surface area (Å²) in [5.74, 6) is 0. The molecule has 0 fully saturated rings. The number of rotatable bonds is 4. The molecule has 17 heavy (non-hydrogen) atoms. The summed E-state index contributed by atoms with van der Waals surface area (Å²) in [6, 6.07) is 15.3. The van der Waals surface area contributed by atoms with E-state index >= 15 is 0 Å². The summed E-state index contributed by atoms with van der Waals surface area (Å²) in [4.78, 5) is 0. The minimum absolute atomic E-state index is 0.351. The fourth-order valence-corrected chi connectivity index (χ4v) is 2.77. The highest BCUT2D eigenvalue weighted by molar-refractivity contribution is 9.09. The van der Waals surface area contributed by atoms with Crippen LogP contribution in [-0.2, 0) is 6.42 Å². The lowest BCUT2D eigenvalue weighted by Gasteiger charge is -2.26. The Morgan fingerprint density at radius 2 is 1.76 bits per heavy atom. The van der Waals surface area contributed by atoms with Gasteiger partial charge in [0.2, 0.25) is 0 Å². The van der Waals surface area contributed by atoms with Crippen molar-refractivity contribution in [3.8, 4) is 0 Å². The molecule has 0 saturated heterocycles. The molecule has 90 valence electrons. The second-order valence-corrected chi connectivity index (χ2v) is 5.67. The molecule has 0 spiro atoms. The van der Waals surface area contributed by atoms with E-state index in [-0.39, 0.29) is 0 Å². The quantitative estimate of drug-likeness (QED) is 0.680. The third-order valence-corrected chi connectivity index (χ3v) is 5.03. The predicted octanol–water partition coefficient (Wildman–Crippen LogP) is 5.19. The molecule has 1 atom stereocenters. The monoisotopic (exact) mass is 290 g/mol. The van der Waals surface area contributed by atoms with Crippen LogP contribution in [0.25, 0.3) is 10.8 Å². The molecule has 2 aromatic carbocycles. The predicted molar refractivity (Wildman–Crippen MR) is 79.8 cm³/mol. The molecule has 0 aliphatic rings. The van der Waals surface area contributed by atoms with Crippen LogP contribution in [0.5, 0.6) is 0 Å². The largest absolute Gasteiger partial charge is 0.0922 e. The van der Waals surface area contributed by atoms with Crippen molar-refractivity contribution in [2.45, 2.75) is 26.7 Å². The Kier molecular flexibility index (Phi) is 3.88. The number of halogens is 1. The third-order valence-electron chi connectivity index (χ3n) is 3.67. The van der Waals surface area contributed by atoms with E-state index in [9.17, 15) is 0 Å². The van der Waals surface area contributed by atoms with Gasteiger partial charge >= 0.3 is 0 Å². The first-order valence-electron chi connectivity index (χ1n) is 6.21. The smallest absolute Gasteiger partial charge is 0.00884 e. The van der Waals surface area contributed by atoms with Crippen LogP contribution in [0.15, 0.2) is 42.5 Å². The van der Waals surface area contributed by atoms with Crippen molar-refractivity contribution in [1.29, 1.82) is 0 Å². The molecule has 2 rings (SSSR count). The molecule has 0 amide bonds. The fraction of sp³-hybridized carbons (Fsp3) is 0.375. The van der Waals surface area contributed by atoms with Crippen LogP contribution in [0.4, 0.5) is 0 Å². The second kappa shape index (κ2) is 5.22. The summed E-state index contributed by atoms with van der Waals surface area (Å²) in [5, 5.41) is 3.80. The maximum absolute atomic E-state index is 3.65. The summed E-state index contributed by atoms with van der Waals surface area (Å²) < 4.78 is 0. The first-order valence-corrected chi connectivity index (χ1v) is 7.33. The first-order chi connectivity index (χ1) is 8.18. The molecule has 0 aromatic heterocycles. The van der Waals surface area contributed by atoms with E-state index in [1.807, 2.05) is 0 Å². The summed E-state index contributed by atoms with van der Waals surface area (Å²) in [5.41, 5.74) is 1.82. The summed E-state index contributed by atoms with van der Waals surface area (Å²) in [7, 11) is 0. The summed E-state index contributed by atoms with van der Waals surface area (Å²) >= 11 is 3.65. The Balaban J connectivity index is 2.42. The van der Waals surface area contributed by atoms with Crippen molar-refractivity contribution in [1.82, 2.24) is 0 Å². The van der Waals surface area contributed by atoms with E-state index in [1.54, 1.807) is 0 Å². The molecule has 0 radical (unpaired) electrons. The highest BCUT2D eigenvalue weighted by atomic mass is 79.9. The van der Waals surface area contributed by atoms with E-state index in [2.05, 4.69) is 72.2 Å². The van der Waals surface area contributed by atoms with Crippen molar-refractivity contribution >= 4 is 26.7 Å². The molecule has 0 saturated carbocycles. The lowest BCUT2D eigenvalue weighted by molar-refractivity contribution is 0.362. The van der Waals surface area contributed by atoms with Crippen molar-refractivity contribution in [3.63, 3.8) is 0 Å². The zero-order valence-corrected chi connectivity index (χ0v) is 12.1. The van der Waals surface area contributed by atoms with Gasteiger partial charge in [0.05, 0.1) is 0 Å². The van der Waals surface area contributed by atoms with Crippen molar-refractivity contribution < 1.29 is 0 Å². The van der Waals surface area contributed by atoms with Gasteiger partial charge in [0.1, 0.15) is 0 Å². The number of fused-ring (bicyclic) bond motifs is 1. The number of alkyl halides is 1. The maximum atomic E-state index is 3.65. The van der Waals surface area contributed by atoms with Gasteiger partial charge in [0, 0.05) is 5.33 Å². The molecule has 0 N–H and O–H groups in total. The Labute approximate surface area is 112 Å². The van der Waals surface area contributed by atoms with Gasteiger partial charge in [-0.3, -0.25) is 0 Å². The van der Waals surface area contributed by atoms with Gasteiger partial charge in [-0.2, -0.15) is 0 Å². The van der Waals surface area contributed by atoms with E-state index in [1.165, 1.54) is 22.8 Å². The molecule has 1 unspecified atom stereocenters. The van der Waals surface area contributed by atoms with Gasteiger partial charge in [-0.1, -0.05) is 72.2 Å². The molecule has 2 aromatic rings. The minimum atomic E-state index is 0.351. The standard InChI is InChI=1S/C16H19Br/c1-3-16(2,12-17)11-14-9-6-8-13-7-4-5-10-15(13)14/h4-10H,3,11-12H2,1-2H3. The Morgan fingerprint density at radius 3 is 2.47 bits per heavy atom. The first kappa shape index (κ1) is 12.6. The van der Waals surface area contributed by atoms with Crippen LogP contribution >= 0.6 is 15.9 Å². The van der Waals surface area contributed by atoms with Crippen LogP contribution in [0, 0.1) is 5.41 Å². The molecule has 0 nitrogen and oxygen atoms in total. The molecule has 0 heterocycles. The molecule has 0 aliphatic heterocycles. The van der Waals surface area contributed by atoms with Crippen LogP contribution < -0.4 is 0 Å². The number of benzene rings is 2. The topological polar surface area (TPSA) is 0 Å². The molecule has 0 bridgehead atoms. The number of hydrogen-bond donors (Lipinski definition) is 0. The Hall–Kier alpha value is -0.820. The SMILES string of the molecule is CCC(C)(CBr)Cc1cccc2ccccc12. The van der Waals surface area contributed by atoms with Gasteiger partial charge in [0.15, 0.2) is 0 Å². The Morgan fingerprint density at radius 1 is 1.06 bits per heavy atom. The van der Waals surface area contributed by atoms with Crippen LogP contribution in [-0.4, -0.2) is 5.33 Å². The van der Waals surface area contributed by atoms with Crippen molar-refractivity contribution in [3.05, 3.63) is 48.0 Å². The lowest BCUT2D eigenvalue weighted by Crippen LogP contribution is -2.20. The molecular formula is C16H19Br. The van der Waals surface area contributed by atoms with E-state index in [0.29, 0.717) is 5.41 Å². The lowest BCUT2D eigenvalue weighted by atomic mass is 9.82. The van der Waals surface area contributed by atoms with Gasteiger partial charge < -0.3 is 0 Å². The van der Waals surface area contributed by atoms with E-state index in [4.69, 9.17) is 0 Å². The van der Waals surface area contributed by atoms with Crippen molar-refractivity contribution in [2.24, 2.45) is 5.41 Å². The zero-order valence-electron chi connectivity index (χ0n) is 10.5. The van der Waals surface area contributed by atoms with Gasteiger partial charge in [0.25, 0.3) is 0 Å². The maximum Gasteiger partial charge on any atom is 0.00884 e. The van der Waals surface area contributed by atoms with Gasteiger partial charge in [-0.05, 0) is 34.6 Å². The summed E-state index contributed by atoms with van der Waals surface area (Å²) in [6.07, 6.45) is 2.33. The fourth-order valence-electron chi connectivity index (χ4n) is 2.17. The molecule has 1 heteroatoms. The molecular weight excluding hydrogens is 272 g/mol. The van der Waals surface area contributed by atoms with Crippen LogP contribution in [0.1, 0.15) is 25.8 Å².